The highest BCUT2D eigenvalue weighted by Gasteiger charge is 2.11. The van der Waals surface area contributed by atoms with E-state index < -0.39 is 0 Å². The van der Waals surface area contributed by atoms with Gasteiger partial charge >= 0.3 is 0 Å². The number of aromatic hydroxyl groups is 2. The molecule has 0 atom stereocenters. The number of phenolic OH excluding ortho intramolecular Hbond substituents is 2. The van der Waals surface area contributed by atoms with Crippen LogP contribution in [0.15, 0.2) is 54.6 Å². The van der Waals surface area contributed by atoms with Crippen molar-refractivity contribution in [3.05, 3.63) is 60.2 Å². The first-order chi connectivity index (χ1) is 13.6. The summed E-state index contributed by atoms with van der Waals surface area (Å²) in [5, 5.41) is 39.1. The number of anilines is 2. The molecule has 7 nitrogen and oxygen atoms in total. The Morgan fingerprint density at radius 2 is 1.68 bits per heavy atom. The fraction of sp³-hybridized carbons (Fsp3) is 0.190. The van der Waals surface area contributed by atoms with E-state index in [9.17, 15) is 15.0 Å². The number of hydrogen-bond acceptors (Lipinski definition) is 6. The molecule has 28 heavy (non-hydrogen) atoms. The Bertz CT molecular complexity index is 975. The molecule has 0 saturated heterocycles. The summed E-state index contributed by atoms with van der Waals surface area (Å²) < 4.78 is 0. The van der Waals surface area contributed by atoms with Gasteiger partial charge in [0.05, 0.1) is 12.3 Å². The van der Waals surface area contributed by atoms with Crippen molar-refractivity contribution in [3.8, 4) is 11.5 Å². The van der Waals surface area contributed by atoms with Gasteiger partial charge in [-0.3, -0.25) is 4.79 Å². The maximum Gasteiger partial charge on any atom is 0.251 e. The summed E-state index contributed by atoms with van der Waals surface area (Å²) in [6.07, 6.45) is 0. The van der Waals surface area contributed by atoms with Gasteiger partial charge < -0.3 is 31.3 Å². The highest BCUT2D eigenvalue weighted by molar-refractivity contribution is 6.01. The number of fused-ring (bicyclic) bond motifs is 1. The first kappa shape index (κ1) is 19.5. The molecule has 0 spiro atoms. The van der Waals surface area contributed by atoms with Crippen LogP contribution in [-0.4, -0.2) is 47.5 Å². The number of amides is 1. The third kappa shape index (κ3) is 4.51. The van der Waals surface area contributed by atoms with Crippen molar-refractivity contribution < 1.29 is 20.1 Å². The van der Waals surface area contributed by atoms with E-state index in [1.807, 2.05) is 18.2 Å². The number of nitrogens with one attached hydrogen (secondary N) is 3. The molecular formula is C21H23N3O4. The third-order valence-corrected chi connectivity index (χ3v) is 4.28. The topological polar surface area (TPSA) is 114 Å². The lowest BCUT2D eigenvalue weighted by Crippen LogP contribution is -2.32. The van der Waals surface area contributed by atoms with Crippen LogP contribution < -0.4 is 16.0 Å². The van der Waals surface area contributed by atoms with E-state index in [1.165, 1.54) is 6.07 Å². The van der Waals surface area contributed by atoms with Gasteiger partial charge in [-0.1, -0.05) is 30.3 Å². The quantitative estimate of drug-likeness (QED) is 0.203. The largest absolute Gasteiger partial charge is 0.504 e. The van der Waals surface area contributed by atoms with Gasteiger partial charge in [0.15, 0.2) is 11.5 Å². The number of carbonyl (C=O) groups is 1. The molecule has 7 heteroatoms. The Labute approximate surface area is 162 Å². The van der Waals surface area contributed by atoms with Gasteiger partial charge in [0.2, 0.25) is 0 Å². The van der Waals surface area contributed by atoms with Crippen molar-refractivity contribution in [1.29, 1.82) is 0 Å². The average molecular weight is 381 g/mol. The zero-order valence-corrected chi connectivity index (χ0v) is 15.3. The summed E-state index contributed by atoms with van der Waals surface area (Å²) in [6, 6.07) is 15.7. The lowest BCUT2D eigenvalue weighted by Gasteiger charge is -2.13. The van der Waals surface area contributed by atoms with Crippen molar-refractivity contribution in [2.45, 2.75) is 0 Å². The summed E-state index contributed by atoms with van der Waals surface area (Å²) in [5.41, 5.74) is 1.80. The molecule has 0 radical (unpaired) electrons. The summed E-state index contributed by atoms with van der Waals surface area (Å²) in [4.78, 5) is 12.3. The van der Waals surface area contributed by atoms with Crippen LogP contribution >= 0.6 is 0 Å². The van der Waals surface area contributed by atoms with Gasteiger partial charge in [0.25, 0.3) is 5.91 Å². The van der Waals surface area contributed by atoms with Crippen LogP contribution in [0, 0.1) is 0 Å². The zero-order chi connectivity index (χ0) is 19.9. The Balaban J connectivity index is 1.76. The summed E-state index contributed by atoms with van der Waals surface area (Å²) in [6.45, 7) is 1.57. The maximum absolute atomic E-state index is 12.3. The number of phenols is 2. The molecular weight excluding hydrogens is 358 g/mol. The van der Waals surface area contributed by atoms with Crippen LogP contribution in [0.1, 0.15) is 10.4 Å². The highest BCUT2D eigenvalue weighted by Crippen LogP contribution is 2.39. The summed E-state index contributed by atoms with van der Waals surface area (Å²) in [7, 11) is 0. The molecule has 0 aliphatic rings. The molecule has 0 saturated carbocycles. The maximum atomic E-state index is 12.3. The number of benzene rings is 3. The normalized spacial score (nSPS) is 10.8. The minimum atomic E-state index is -0.217. The van der Waals surface area contributed by atoms with Gasteiger partial charge in [-0.05, 0) is 18.2 Å². The Kier molecular flexibility index (Phi) is 6.31. The second-order valence-corrected chi connectivity index (χ2v) is 6.27. The summed E-state index contributed by atoms with van der Waals surface area (Å²) >= 11 is 0. The monoisotopic (exact) mass is 381 g/mol. The minimum Gasteiger partial charge on any atom is -0.504 e. The SMILES string of the molecule is O=C(NCCNCCO)c1cccc(Nc2cc(O)c(O)c3ccccc23)c1. The molecule has 3 aromatic carbocycles. The molecule has 0 unspecified atom stereocenters. The molecule has 0 aliphatic carbocycles. The Hall–Kier alpha value is -3.29. The van der Waals surface area contributed by atoms with E-state index >= 15 is 0 Å². The summed E-state index contributed by atoms with van der Waals surface area (Å²) in [5.74, 6) is -0.581. The van der Waals surface area contributed by atoms with Gasteiger partial charge in [-0.15, -0.1) is 0 Å². The first-order valence-electron chi connectivity index (χ1n) is 9.00. The van der Waals surface area contributed by atoms with Crippen molar-refractivity contribution in [1.82, 2.24) is 10.6 Å². The third-order valence-electron chi connectivity index (χ3n) is 4.28. The molecule has 0 bridgehead atoms. The van der Waals surface area contributed by atoms with E-state index in [-0.39, 0.29) is 24.0 Å². The van der Waals surface area contributed by atoms with E-state index in [4.69, 9.17) is 5.11 Å². The standard InChI is InChI=1S/C21H23N3O4/c25-11-10-22-8-9-23-21(28)14-4-3-5-15(12-14)24-18-13-19(26)20(27)17-7-2-1-6-16(17)18/h1-7,12-13,22,24-27H,8-11H2,(H,23,28). The zero-order valence-electron chi connectivity index (χ0n) is 15.3. The Morgan fingerprint density at radius 3 is 2.46 bits per heavy atom. The molecule has 6 N–H and O–H groups in total. The number of carbonyl (C=O) groups excluding carboxylic acids is 1. The van der Waals surface area contributed by atoms with Crippen LogP contribution in [0.5, 0.6) is 11.5 Å². The molecule has 0 aliphatic heterocycles. The second-order valence-electron chi connectivity index (χ2n) is 6.27. The van der Waals surface area contributed by atoms with Gasteiger partial charge in [-0.25, -0.2) is 0 Å². The van der Waals surface area contributed by atoms with Crippen molar-refractivity contribution in [2.24, 2.45) is 0 Å². The van der Waals surface area contributed by atoms with Gasteiger partial charge in [0, 0.05) is 47.7 Å². The first-order valence-corrected chi connectivity index (χ1v) is 9.00. The fourth-order valence-corrected chi connectivity index (χ4v) is 2.91. The molecule has 0 fully saturated rings. The van der Waals surface area contributed by atoms with Gasteiger partial charge in [0.1, 0.15) is 0 Å². The highest BCUT2D eigenvalue weighted by atomic mass is 16.3. The van der Waals surface area contributed by atoms with Crippen molar-refractivity contribution in [2.75, 3.05) is 31.6 Å². The lowest BCUT2D eigenvalue weighted by atomic mass is 10.1. The van der Waals surface area contributed by atoms with E-state index in [0.29, 0.717) is 42.0 Å². The van der Waals surface area contributed by atoms with Crippen LogP contribution in [0.4, 0.5) is 11.4 Å². The predicted molar refractivity (Wildman–Crippen MR) is 109 cm³/mol. The molecule has 1 amide bonds. The molecule has 0 heterocycles. The van der Waals surface area contributed by atoms with Crippen LogP contribution in [0.25, 0.3) is 10.8 Å². The van der Waals surface area contributed by atoms with E-state index in [1.54, 1.807) is 30.3 Å². The fourth-order valence-electron chi connectivity index (χ4n) is 2.91. The second kappa shape index (κ2) is 9.07. The lowest BCUT2D eigenvalue weighted by molar-refractivity contribution is 0.0954. The predicted octanol–water partition coefficient (Wildman–Crippen LogP) is 2.31. The average Bonchev–Trinajstić information content (AvgIpc) is 2.72. The van der Waals surface area contributed by atoms with E-state index in [2.05, 4.69) is 16.0 Å². The van der Waals surface area contributed by atoms with Crippen LogP contribution in [0.2, 0.25) is 0 Å². The van der Waals surface area contributed by atoms with Gasteiger partial charge in [-0.2, -0.15) is 0 Å². The molecule has 0 aromatic heterocycles. The van der Waals surface area contributed by atoms with E-state index in [0.717, 1.165) is 5.39 Å². The van der Waals surface area contributed by atoms with Crippen LogP contribution in [-0.2, 0) is 0 Å². The number of hydrogen-bond donors (Lipinski definition) is 6. The van der Waals surface area contributed by atoms with Crippen LogP contribution in [0.3, 0.4) is 0 Å². The molecule has 3 rings (SSSR count). The van der Waals surface area contributed by atoms with Crippen molar-refractivity contribution in [3.63, 3.8) is 0 Å². The molecule has 146 valence electrons. The number of aliphatic hydroxyl groups excluding tert-OH is 1. The Morgan fingerprint density at radius 1 is 0.893 bits per heavy atom. The van der Waals surface area contributed by atoms with Crippen molar-refractivity contribution >= 4 is 28.1 Å². The minimum absolute atomic E-state index is 0.0587. The number of aliphatic hydroxyl groups is 1. The molecule has 3 aromatic rings. The smallest absolute Gasteiger partial charge is 0.251 e. The number of rotatable bonds is 8.